The molecule has 0 radical (unpaired) electrons. The van der Waals surface area contributed by atoms with Crippen molar-refractivity contribution in [3.05, 3.63) is 59.9 Å². The first-order valence-electron chi connectivity index (χ1n) is 12.3. The van der Waals surface area contributed by atoms with Gasteiger partial charge in [-0.2, -0.15) is 0 Å². The largest absolute Gasteiger partial charge is 0.308 e. The lowest BCUT2D eigenvalue weighted by atomic mass is 9.97. The Morgan fingerprint density at radius 2 is 1.61 bits per heavy atom. The van der Waals surface area contributed by atoms with Crippen molar-refractivity contribution in [2.45, 2.75) is 52.8 Å². The molecule has 6 rings (SSSR count). The van der Waals surface area contributed by atoms with Gasteiger partial charge in [-0.25, -0.2) is 4.57 Å². The first-order chi connectivity index (χ1) is 16.0. The van der Waals surface area contributed by atoms with Crippen LogP contribution in [-0.2, 0) is 7.05 Å². The molecule has 0 aliphatic rings. The number of pyridine rings is 1. The van der Waals surface area contributed by atoms with Crippen LogP contribution in [0.2, 0.25) is 18.1 Å². The van der Waals surface area contributed by atoms with Crippen molar-refractivity contribution in [1.29, 1.82) is 0 Å². The van der Waals surface area contributed by atoms with E-state index in [9.17, 15) is 0 Å². The summed E-state index contributed by atoms with van der Waals surface area (Å²) in [6.45, 7) is 11.7. The molecule has 0 saturated heterocycles. The molecule has 0 aliphatic carbocycles. The highest BCUT2D eigenvalue weighted by atomic mass is 28.3. The molecule has 0 bridgehead atoms. The molecule has 0 amide bonds. The fourth-order valence-corrected chi connectivity index (χ4v) is 9.99. The van der Waals surface area contributed by atoms with Crippen molar-refractivity contribution in [2.75, 3.05) is 0 Å². The third-order valence-electron chi connectivity index (χ3n) is 8.65. The molecular weight excluding hydrogens is 418 g/mol. The zero-order valence-electron chi connectivity index (χ0n) is 20.6. The van der Waals surface area contributed by atoms with Gasteiger partial charge in [-0.1, -0.05) is 62.3 Å². The highest BCUT2D eigenvalue weighted by molar-refractivity contribution is 6.92. The molecule has 33 heavy (non-hydrogen) atoms. The molecule has 4 heteroatoms. The van der Waals surface area contributed by atoms with Gasteiger partial charge in [0.1, 0.15) is 5.52 Å². The maximum Gasteiger partial charge on any atom is 0.287 e. The van der Waals surface area contributed by atoms with Gasteiger partial charge >= 0.3 is 0 Å². The Bertz CT molecular complexity index is 1700. The van der Waals surface area contributed by atoms with E-state index in [2.05, 4.69) is 93.1 Å². The summed E-state index contributed by atoms with van der Waals surface area (Å²) < 4.78 is 4.78. The Hall–Kier alpha value is -2.98. The topological polar surface area (TPSA) is 21.2 Å². The van der Waals surface area contributed by atoms with Gasteiger partial charge in [0.25, 0.3) is 6.33 Å². The van der Waals surface area contributed by atoms with Gasteiger partial charge in [-0.05, 0) is 54.2 Å². The Labute approximate surface area is 196 Å². The van der Waals surface area contributed by atoms with E-state index >= 15 is 0 Å². The van der Waals surface area contributed by atoms with Crippen molar-refractivity contribution in [3.8, 4) is 0 Å². The molecular formula is C29H32N3Si+. The quantitative estimate of drug-likeness (QED) is 0.129. The van der Waals surface area contributed by atoms with E-state index in [1.165, 1.54) is 72.9 Å². The highest BCUT2D eigenvalue weighted by Crippen LogP contribution is 2.41. The summed E-state index contributed by atoms with van der Waals surface area (Å²) in [4.78, 5) is 4.99. The number of fused-ring (bicyclic) bond motifs is 5. The first-order valence-corrected chi connectivity index (χ1v) is 14.9. The van der Waals surface area contributed by atoms with Crippen LogP contribution in [0.15, 0.2) is 48.8 Å². The van der Waals surface area contributed by atoms with Gasteiger partial charge in [-0.3, -0.25) is 0 Å². The predicted octanol–water partition coefficient (Wildman–Crippen LogP) is 6.54. The minimum atomic E-state index is -1.57. The van der Waals surface area contributed by atoms with Gasteiger partial charge in [0, 0.05) is 10.8 Å². The summed E-state index contributed by atoms with van der Waals surface area (Å²) in [7, 11) is 0.580. The molecule has 0 fully saturated rings. The van der Waals surface area contributed by atoms with E-state index in [1.807, 2.05) is 6.33 Å². The van der Waals surface area contributed by atoms with Gasteiger partial charge in [0.05, 0.1) is 42.4 Å². The maximum atomic E-state index is 4.99. The third-order valence-corrected chi connectivity index (χ3v) is 14.2. The number of rotatable bonds is 4. The second kappa shape index (κ2) is 7.01. The third kappa shape index (κ3) is 2.50. The van der Waals surface area contributed by atoms with Gasteiger partial charge in [0.15, 0.2) is 5.52 Å². The average molecular weight is 451 g/mol. The summed E-state index contributed by atoms with van der Waals surface area (Å²) >= 11 is 0. The zero-order valence-corrected chi connectivity index (χ0v) is 21.6. The maximum absolute atomic E-state index is 4.99. The van der Waals surface area contributed by atoms with Crippen LogP contribution in [0.3, 0.4) is 0 Å². The summed E-state index contributed by atoms with van der Waals surface area (Å²) in [5.74, 6) is 0. The van der Waals surface area contributed by atoms with Gasteiger partial charge < -0.3 is 4.40 Å². The Kier molecular flexibility index (Phi) is 4.38. The van der Waals surface area contributed by atoms with Crippen LogP contribution in [0.5, 0.6) is 0 Å². The fraction of sp³-hybridized carbons (Fsp3) is 0.310. The standard InChI is InChI=1S/C29H32N3Si/c1-7-33(8-2,9-3)20-15-23-27-25(16-20)32-24-13-11-10-12-21(24)22-14-18(4)19(5)26(28(22)32)29(27)31(6)17-30-23/h10-17H,7-9H2,1-6H3/q+1. The van der Waals surface area contributed by atoms with Crippen LogP contribution in [-0.4, -0.2) is 17.5 Å². The first kappa shape index (κ1) is 20.6. The van der Waals surface area contributed by atoms with Crippen LogP contribution >= 0.6 is 0 Å². The zero-order chi connectivity index (χ0) is 23.1. The molecule has 6 aromatic rings. The molecule has 0 spiro atoms. The number of hydrogen-bond donors (Lipinski definition) is 0. The number of para-hydroxylation sites is 1. The second-order valence-corrected chi connectivity index (χ2v) is 15.1. The van der Waals surface area contributed by atoms with E-state index < -0.39 is 8.07 Å². The van der Waals surface area contributed by atoms with E-state index in [0.29, 0.717) is 0 Å². The molecule has 0 atom stereocenters. The molecule has 0 aliphatic heterocycles. The van der Waals surface area contributed by atoms with E-state index in [4.69, 9.17) is 4.98 Å². The van der Waals surface area contributed by atoms with E-state index in [0.717, 1.165) is 5.52 Å². The van der Waals surface area contributed by atoms with E-state index in [1.54, 1.807) is 5.19 Å². The van der Waals surface area contributed by atoms with Crippen molar-refractivity contribution < 1.29 is 4.57 Å². The lowest BCUT2D eigenvalue weighted by Gasteiger charge is -2.29. The smallest absolute Gasteiger partial charge is 0.287 e. The SMILES string of the molecule is CC[Si](CC)(CC)c1cc2nc[n+](C)c3c4c(C)c(C)cc5c6ccccc6n(c(c1)c23)c54. The average Bonchev–Trinajstić information content (AvgIpc) is 3.16. The van der Waals surface area contributed by atoms with Gasteiger partial charge in [0.2, 0.25) is 0 Å². The Balaban J connectivity index is 2.00. The highest BCUT2D eigenvalue weighted by Gasteiger charge is 2.32. The molecule has 0 saturated carbocycles. The van der Waals surface area contributed by atoms with Crippen LogP contribution in [0, 0.1) is 13.8 Å². The molecule has 3 nitrogen and oxygen atoms in total. The summed E-state index contributed by atoms with van der Waals surface area (Å²) in [6, 6.07) is 20.1. The number of hydrogen-bond acceptors (Lipinski definition) is 1. The molecule has 3 aromatic heterocycles. The number of benzene rings is 3. The molecule has 0 N–H and O–H groups in total. The monoisotopic (exact) mass is 450 g/mol. The lowest BCUT2D eigenvalue weighted by Crippen LogP contribution is -2.46. The van der Waals surface area contributed by atoms with Crippen molar-refractivity contribution in [1.82, 2.24) is 9.38 Å². The van der Waals surface area contributed by atoms with Crippen LogP contribution in [0.4, 0.5) is 0 Å². The lowest BCUT2D eigenvalue weighted by molar-refractivity contribution is -0.646. The normalized spacial score (nSPS) is 12.9. The van der Waals surface area contributed by atoms with Crippen LogP contribution < -0.4 is 9.75 Å². The minimum Gasteiger partial charge on any atom is -0.308 e. The van der Waals surface area contributed by atoms with Crippen LogP contribution in [0.1, 0.15) is 31.9 Å². The minimum absolute atomic E-state index is 1.14. The van der Waals surface area contributed by atoms with Crippen LogP contribution in [0.25, 0.3) is 49.1 Å². The second-order valence-electron chi connectivity index (χ2n) is 9.88. The van der Waals surface area contributed by atoms with Gasteiger partial charge in [-0.15, -0.1) is 0 Å². The molecule has 0 unspecified atom stereocenters. The fourth-order valence-electron chi connectivity index (χ4n) is 6.38. The van der Waals surface area contributed by atoms with Crippen molar-refractivity contribution in [3.63, 3.8) is 0 Å². The van der Waals surface area contributed by atoms with E-state index in [-0.39, 0.29) is 0 Å². The summed E-state index contributed by atoms with van der Waals surface area (Å²) in [5.41, 5.74) is 9.12. The number of nitrogens with zero attached hydrogens (tertiary/aromatic N) is 3. The number of aromatic nitrogens is 3. The summed E-state index contributed by atoms with van der Waals surface area (Å²) in [6.07, 6.45) is 2.02. The summed E-state index contributed by atoms with van der Waals surface area (Å²) in [5, 5.41) is 6.90. The number of aryl methyl sites for hydroxylation is 3. The molecule has 3 aromatic carbocycles. The van der Waals surface area contributed by atoms with Crippen molar-refractivity contribution in [2.24, 2.45) is 7.05 Å². The molecule has 166 valence electrons. The Morgan fingerprint density at radius 1 is 0.879 bits per heavy atom. The Morgan fingerprint density at radius 3 is 2.33 bits per heavy atom. The van der Waals surface area contributed by atoms with Crippen molar-refractivity contribution >= 4 is 62.4 Å². The predicted molar refractivity (Wildman–Crippen MR) is 144 cm³/mol. The molecule has 3 heterocycles.